The van der Waals surface area contributed by atoms with E-state index in [9.17, 15) is 0 Å². The second kappa shape index (κ2) is 4.63. The molecule has 2 aromatic rings. The molecule has 0 saturated heterocycles. The highest BCUT2D eigenvalue weighted by molar-refractivity contribution is 7.15. The van der Waals surface area contributed by atoms with Gasteiger partial charge in [-0.05, 0) is 5.92 Å². The van der Waals surface area contributed by atoms with Gasteiger partial charge in [0.1, 0.15) is 0 Å². The Morgan fingerprint density at radius 3 is 2.94 bits per heavy atom. The van der Waals surface area contributed by atoms with Crippen LogP contribution in [0, 0.1) is 5.92 Å². The average molecular weight is 258 g/mol. The average Bonchev–Trinajstić information content (AvgIpc) is 2.74. The molecule has 0 radical (unpaired) electrons. The topological polar surface area (TPSA) is 20.5 Å². The Kier molecular flexibility index (Phi) is 3.40. The van der Waals surface area contributed by atoms with E-state index in [1.54, 1.807) is 11.3 Å². The number of nitrogens with zero attached hydrogens (tertiary/aromatic N) is 3. The Morgan fingerprint density at radius 2 is 2.31 bits per heavy atom. The third-order valence-electron chi connectivity index (χ3n) is 2.47. The summed E-state index contributed by atoms with van der Waals surface area (Å²) in [5.41, 5.74) is 1.08. The Labute approximate surface area is 105 Å². The predicted molar refractivity (Wildman–Crippen MR) is 70.7 cm³/mol. The quantitative estimate of drug-likeness (QED) is 0.784. The number of fused-ring (bicyclic) bond motifs is 1. The van der Waals surface area contributed by atoms with Gasteiger partial charge in [0.2, 0.25) is 0 Å². The summed E-state index contributed by atoms with van der Waals surface area (Å²) in [5.74, 6) is 2.12. The fourth-order valence-corrected chi connectivity index (χ4v) is 2.86. The predicted octanol–water partition coefficient (Wildman–Crippen LogP) is 3.23. The maximum atomic E-state index is 6.01. The molecule has 0 bridgehead atoms. The number of alkyl halides is 1. The first-order valence-electron chi connectivity index (χ1n) is 5.35. The molecule has 5 heteroatoms. The first kappa shape index (κ1) is 11.7. The molecule has 0 atom stereocenters. The molecule has 3 nitrogen and oxygen atoms in total. The first-order valence-corrected chi connectivity index (χ1v) is 6.76. The number of hydrogen-bond acceptors (Lipinski definition) is 3. The number of imidazole rings is 1. The van der Waals surface area contributed by atoms with Gasteiger partial charge in [-0.3, -0.25) is 4.40 Å². The molecule has 2 aromatic heterocycles. The summed E-state index contributed by atoms with van der Waals surface area (Å²) in [6, 6.07) is 0. The molecule has 0 unspecified atom stereocenters. The summed E-state index contributed by atoms with van der Waals surface area (Å²) in [4.78, 5) is 7.82. The molecule has 0 N–H and O–H groups in total. The Hall–Kier alpha value is -0.740. The summed E-state index contributed by atoms with van der Waals surface area (Å²) in [5, 5.41) is 2.03. The number of thiazole rings is 1. The molecule has 0 saturated carbocycles. The molecule has 0 aliphatic rings. The molecule has 88 valence electrons. The minimum atomic E-state index is 0.496. The van der Waals surface area contributed by atoms with Crippen molar-refractivity contribution in [1.29, 1.82) is 0 Å². The Balaban J connectivity index is 2.38. The van der Waals surface area contributed by atoms with E-state index >= 15 is 0 Å². The van der Waals surface area contributed by atoms with Gasteiger partial charge in [-0.15, -0.1) is 22.9 Å². The van der Waals surface area contributed by atoms with E-state index in [-0.39, 0.29) is 0 Å². The lowest BCUT2D eigenvalue weighted by Gasteiger charge is -2.19. The molecule has 2 heterocycles. The summed E-state index contributed by atoms with van der Waals surface area (Å²) in [6.45, 7) is 5.40. The van der Waals surface area contributed by atoms with Crippen molar-refractivity contribution in [3.05, 3.63) is 17.3 Å². The summed E-state index contributed by atoms with van der Waals surface area (Å²) < 4.78 is 2.07. The van der Waals surface area contributed by atoms with Gasteiger partial charge in [0.05, 0.1) is 11.6 Å². The number of anilines is 1. The molecule has 0 aliphatic heterocycles. The van der Waals surface area contributed by atoms with E-state index in [4.69, 9.17) is 11.6 Å². The van der Waals surface area contributed by atoms with Gasteiger partial charge < -0.3 is 4.90 Å². The number of aromatic nitrogens is 2. The third kappa shape index (κ3) is 2.04. The number of halogens is 1. The van der Waals surface area contributed by atoms with Crippen molar-refractivity contribution >= 4 is 33.7 Å². The van der Waals surface area contributed by atoms with Crippen molar-refractivity contribution < 1.29 is 0 Å². The maximum Gasteiger partial charge on any atom is 0.195 e. The van der Waals surface area contributed by atoms with E-state index in [1.807, 2.05) is 11.6 Å². The van der Waals surface area contributed by atoms with Crippen LogP contribution >= 0.6 is 22.9 Å². The minimum absolute atomic E-state index is 0.496. The maximum absolute atomic E-state index is 6.01. The van der Waals surface area contributed by atoms with Crippen molar-refractivity contribution in [1.82, 2.24) is 9.38 Å². The van der Waals surface area contributed by atoms with Crippen LogP contribution in [-0.2, 0) is 5.88 Å². The smallest absolute Gasteiger partial charge is 0.195 e. The standard InChI is InChI=1S/C11H16ClN3S/c1-8(2)7-14(3)10-9(6-12)15-4-5-16-11(15)13-10/h4-5,8H,6-7H2,1-3H3. The lowest BCUT2D eigenvalue weighted by atomic mass is 10.2. The lowest BCUT2D eigenvalue weighted by Crippen LogP contribution is -2.23. The SMILES string of the molecule is CC(C)CN(C)c1nc2sccn2c1CCl. The van der Waals surface area contributed by atoms with Gasteiger partial charge >= 0.3 is 0 Å². The van der Waals surface area contributed by atoms with Gasteiger partial charge in [0.15, 0.2) is 10.8 Å². The van der Waals surface area contributed by atoms with Crippen molar-refractivity contribution in [3.63, 3.8) is 0 Å². The van der Waals surface area contributed by atoms with Gasteiger partial charge in [0, 0.05) is 25.2 Å². The number of rotatable bonds is 4. The van der Waals surface area contributed by atoms with Gasteiger partial charge in [-0.2, -0.15) is 0 Å². The second-order valence-electron chi connectivity index (χ2n) is 4.35. The fraction of sp³-hybridized carbons (Fsp3) is 0.545. The molecular formula is C11H16ClN3S. The van der Waals surface area contributed by atoms with Crippen LogP contribution < -0.4 is 4.90 Å². The second-order valence-corrected chi connectivity index (χ2v) is 5.49. The van der Waals surface area contributed by atoms with Crippen LogP contribution in [0.25, 0.3) is 4.96 Å². The Morgan fingerprint density at radius 1 is 1.56 bits per heavy atom. The van der Waals surface area contributed by atoms with E-state index < -0.39 is 0 Å². The van der Waals surface area contributed by atoms with Gasteiger partial charge in [0.25, 0.3) is 0 Å². The van der Waals surface area contributed by atoms with Crippen molar-refractivity contribution in [2.75, 3.05) is 18.5 Å². The van der Waals surface area contributed by atoms with E-state index in [1.165, 1.54) is 0 Å². The van der Waals surface area contributed by atoms with Crippen LogP contribution in [0.5, 0.6) is 0 Å². The highest BCUT2D eigenvalue weighted by Gasteiger charge is 2.16. The van der Waals surface area contributed by atoms with Crippen molar-refractivity contribution in [2.24, 2.45) is 5.92 Å². The fourth-order valence-electron chi connectivity index (χ4n) is 1.89. The molecule has 0 spiro atoms. The summed E-state index contributed by atoms with van der Waals surface area (Å²) in [6.07, 6.45) is 2.03. The van der Waals surface area contributed by atoms with Crippen molar-refractivity contribution in [3.8, 4) is 0 Å². The third-order valence-corrected chi connectivity index (χ3v) is 3.48. The molecule has 2 rings (SSSR count). The molecule has 16 heavy (non-hydrogen) atoms. The van der Waals surface area contributed by atoms with E-state index in [0.717, 1.165) is 23.0 Å². The van der Waals surface area contributed by atoms with Crippen LogP contribution in [-0.4, -0.2) is 23.0 Å². The molecule has 0 aromatic carbocycles. The molecule has 0 fully saturated rings. The van der Waals surface area contributed by atoms with E-state index in [0.29, 0.717) is 11.8 Å². The number of hydrogen-bond donors (Lipinski definition) is 0. The molecular weight excluding hydrogens is 242 g/mol. The zero-order valence-corrected chi connectivity index (χ0v) is 11.3. The zero-order chi connectivity index (χ0) is 11.7. The molecule has 0 amide bonds. The lowest BCUT2D eigenvalue weighted by molar-refractivity contribution is 0.634. The highest BCUT2D eigenvalue weighted by Crippen LogP contribution is 2.25. The Bertz CT molecular complexity index is 474. The normalized spacial score (nSPS) is 11.6. The largest absolute Gasteiger partial charge is 0.358 e. The van der Waals surface area contributed by atoms with Crippen LogP contribution in [0.4, 0.5) is 5.82 Å². The van der Waals surface area contributed by atoms with E-state index in [2.05, 4.69) is 35.2 Å². The van der Waals surface area contributed by atoms with Gasteiger partial charge in [-0.1, -0.05) is 13.8 Å². The van der Waals surface area contributed by atoms with Crippen LogP contribution in [0.2, 0.25) is 0 Å². The van der Waals surface area contributed by atoms with Crippen molar-refractivity contribution in [2.45, 2.75) is 19.7 Å². The monoisotopic (exact) mass is 257 g/mol. The highest BCUT2D eigenvalue weighted by atomic mass is 35.5. The van der Waals surface area contributed by atoms with Crippen LogP contribution in [0.15, 0.2) is 11.6 Å². The summed E-state index contributed by atoms with van der Waals surface area (Å²) >= 11 is 7.65. The molecule has 0 aliphatic carbocycles. The first-order chi connectivity index (χ1) is 7.63. The minimum Gasteiger partial charge on any atom is -0.358 e. The zero-order valence-electron chi connectivity index (χ0n) is 9.77. The van der Waals surface area contributed by atoms with Gasteiger partial charge in [-0.25, -0.2) is 4.98 Å². The van der Waals surface area contributed by atoms with Crippen LogP contribution in [0.3, 0.4) is 0 Å². The van der Waals surface area contributed by atoms with Crippen LogP contribution in [0.1, 0.15) is 19.5 Å². The summed E-state index contributed by atoms with van der Waals surface area (Å²) in [7, 11) is 2.07.